The first-order valence-electron chi connectivity index (χ1n) is 13.6. The molecule has 0 aromatic heterocycles. The molecule has 226 valence electrons. The summed E-state index contributed by atoms with van der Waals surface area (Å²) in [7, 11) is -1.28. The van der Waals surface area contributed by atoms with Crippen LogP contribution in [0, 0.1) is 6.92 Å². The minimum atomic E-state index is -4.21. The monoisotopic (exact) mass is 659 g/mol. The Balaban J connectivity index is 2.06. The molecule has 0 radical (unpaired) electrons. The summed E-state index contributed by atoms with van der Waals surface area (Å²) in [4.78, 5) is 28.6. The maximum atomic E-state index is 14.1. The number of aryl methyl sites for hydroxylation is 1. The Kier molecular flexibility index (Phi) is 11.8. The van der Waals surface area contributed by atoms with E-state index in [1.807, 2.05) is 38.1 Å². The molecule has 0 aliphatic rings. The number of methoxy groups -OCH3 is 2. The molecule has 0 fully saturated rings. The Bertz CT molecular complexity index is 1480. The molecular weight excluding hydrogens is 622 g/mol. The van der Waals surface area contributed by atoms with Crippen molar-refractivity contribution in [1.82, 2.24) is 10.2 Å². The van der Waals surface area contributed by atoms with Gasteiger partial charge in [-0.15, -0.1) is 0 Å². The lowest BCUT2D eigenvalue weighted by Crippen LogP contribution is -2.51. The Morgan fingerprint density at radius 3 is 2.29 bits per heavy atom. The van der Waals surface area contributed by atoms with Crippen molar-refractivity contribution < 1.29 is 27.5 Å². The van der Waals surface area contributed by atoms with Gasteiger partial charge in [0.05, 0.1) is 24.8 Å². The molecule has 9 nitrogen and oxygen atoms in total. The Hall–Kier alpha value is -3.57. The van der Waals surface area contributed by atoms with Gasteiger partial charge in [0.2, 0.25) is 11.8 Å². The van der Waals surface area contributed by atoms with Crippen LogP contribution in [0.25, 0.3) is 0 Å². The van der Waals surface area contributed by atoms with Crippen LogP contribution in [0.4, 0.5) is 5.69 Å². The molecule has 0 spiro atoms. The van der Waals surface area contributed by atoms with Gasteiger partial charge in [-0.1, -0.05) is 59.1 Å². The normalized spacial score (nSPS) is 11.9. The van der Waals surface area contributed by atoms with Gasteiger partial charge in [-0.25, -0.2) is 8.42 Å². The van der Waals surface area contributed by atoms with E-state index in [9.17, 15) is 18.0 Å². The molecule has 3 rings (SSSR count). The van der Waals surface area contributed by atoms with E-state index in [1.165, 1.54) is 37.3 Å². The van der Waals surface area contributed by atoms with Crippen molar-refractivity contribution in [3.05, 3.63) is 82.3 Å². The molecule has 0 bridgehead atoms. The number of anilines is 1. The molecule has 3 aromatic rings. The highest BCUT2D eigenvalue weighted by molar-refractivity contribution is 9.10. The summed E-state index contributed by atoms with van der Waals surface area (Å²) in [5.74, 6) is -0.139. The first kappa shape index (κ1) is 32.9. The van der Waals surface area contributed by atoms with Crippen LogP contribution in [0.15, 0.2) is 76.1 Å². The highest BCUT2D eigenvalue weighted by Gasteiger charge is 2.33. The van der Waals surface area contributed by atoms with Crippen molar-refractivity contribution in [3.8, 4) is 11.5 Å². The average Bonchev–Trinajstić information content (AvgIpc) is 2.98. The number of hydrogen-bond acceptors (Lipinski definition) is 6. The van der Waals surface area contributed by atoms with Crippen LogP contribution in [0.1, 0.15) is 37.8 Å². The summed E-state index contributed by atoms with van der Waals surface area (Å²) in [6.45, 7) is 5.57. The number of halogens is 1. The predicted molar refractivity (Wildman–Crippen MR) is 167 cm³/mol. The van der Waals surface area contributed by atoms with Crippen molar-refractivity contribution in [2.45, 2.75) is 51.1 Å². The summed E-state index contributed by atoms with van der Waals surface area (Å²) < 4.78 is 40.7. The number of sulfonamides is 1. The fraction of sp³-hybridized carbons (Fsp3) is 0.355. The number of ether oxygens (including phenoxy) is 2. The minimum absolute atomic E-state index is 0.0274. The molecule has 0 saturated heterocycles. The van der Waals surface area contributed by atoms with Crippen LogP contribution < -0.4 is 19.1 Å². The summed E-state index contributed by atoms with van der Waals surface area (Å²) in [5, 5.41) is 2.89. The quantitative estimate of drug-likeness (QED) is 0.235. The zero-order chi connectivity index (χ0) is 30.9. The van der Waals surface area contributed by atoms with Gasteiger partial charge >= 0.3 is 0 Å². The number of unbranched alkanes of at least 4 members (excludes halogenated alkanes) is 1. The molecule has 2 amide bonds. The van der Waals surface area contributed by atoms with E-state index in [0.29, 0.717) is 18.0 Å². The number of nitrogens with one attached hydrogen (secondary N) is 1. The van der Waals surface area contributed by atoms with E-state index in [-0.39, 0.29) is 23.0 Å². The molecular formula is C31H38BrN3O6S. The van der Waals surface area contributed by atoms with Gasteiger partial charge in [0.15, 0.2) is 11.5 Å². The van der Waals surface area contributed by atoms with Gasteiger partial charge in [0, 0.05) is 23.6 Å². The molecule has 0 unspecified atom stereocenters. The van der Waals surface area contributed by atoms with Gasteiger partial charge < -0.3 is 19.7 Å². The summed E-state index contributed by atoms with van der Waals surface area (Å²) in [6.07, 6.45) is 1.71. The number of nitrogens with zero attached hydrogens (tertiary/aromatic N) is 2. The van der Waals surface area contributed by atoms with E-state index < -0.39 is 28.5 Å². The van der Waals surface area contributed by atoms with Gasteiger partial charge in [-0.3, -0.25) is 13.9 Å². The molecule has 42 heavy (non-hydrogen) atoms. The topological polar surface area (TPSA) is 105 Å². The fourth-order valence-electron chi connectivity index (χ4n) is 4.30. The van der Waals surface area contributed by atoms with Crippen molar-refractivity contribution in [3.63, 3.8) is 0 Å². The van der Waals surface area contributed by atoms with Gasteiger partial charge in [0.25, 0.3) is 10.0 Å². The lowest BCUT2D eigenvalue weighted by Gasteiger charge is -2.32. The van der Waals surface area contributed by atoms with Crippen LogP contribution >= 0.6 is 15.9 Å². The number of hydrogen-bond donors (Lipinski definition) is 1. The SMILES string of the molecule is CCCCNC(=O)[C@H](C)N(Cc1cccc(Br)c1)C(=O)CN(c1ccc(OC)c(OC)c1)S(=O)(=O)c1ccc(C)cc1. The second-order valence-electron chi connectivity index (χ2n) is 9.84. The van der Waals surface area contributed by atoms with Crippen molar-refractivity contribution in [2.75, 3.05) is 31.6 Å². The van der Waals surface area contributed by atoms with Crippen LogP contribution in [-0.4, -0.2) is 58.5 Å². The lowest BCUT2D eigenvalue weighted by molar-refractivity contribution is -0.139. The van der Waals surface area contributed by atoms with E-state index in [1.54, 1.807) is 31.2 Å². The number of carbonyl (C=O) groups is 2. The fourth-order valence-corrected chi connectivity index (χ4v) is 6.15. The van der Waals surface area contributed by atoms with Crippen LogP contribution in [0.5, 0.6) is 11.5 Å². The molecule has 0 saturated carbocycles. The van der Waals surface area contributed by atoms with E-state index in [0.717, 1.165) is 32.7 Å². The van der Waals surface area contributed by atoms with Gasteiger partial charge in [0.1, 0.15) is 12.6 Å². The zero-order valence-corrected chi connectivity index (χ0v) is 27.0. The third-order valence-electron chi connectivity index (χ3n) is 6.78. The number of carbonyl (C=O) groups excluding carboxylic acids is 2. The van der Waals surface area contributed by atoms with Crippen LogP contribution in [-0.2, 0) is 26.2 Å². The molecule has 1 N–H and O–H groups in total. The molecule has 11 heteroatoms. The van der Waals surface area contributed by atoms with Crippen molar-refractivity contribution in [1.29, 1.82) is 0 Å². The first-order chi connectivity index (χ1) is 20.0. The lowest BCUT2D eigenvalue weighted by atomic mass is 10.1. The number of benzene rings is 3. The van der Waals surface area contributed by atoms with Crippen LogP contribution in [0.2, 0.25) is 0 Å². The summed E-state index contributed by atoms with van der Waals surface area (Å²) in [5.41, 5.74) is 1.89. The highest BCUT2D eigenvalue weighted by Crippen LogP contribution is 2.34. The summed E-state index contributed by atoms with van der Waals surface area (Å²) >= 11 is 3.46. The Morgan fingerprint density at radius 2 is 1.67 bits per heavy atom. The number of rotatable bonds is 14. The van der Waals surface area contributed by atoms with Gasteiger partial charge in [-0.05, 0) is 62.2 Å². The maximum Gasteiger partial charge on any atom is 0.264 e. The first-order valence-corrected chi connectivity index (χ1v) is 15.9. The summed E-state index contributed by atoms with van der Waals surface area (Å²) in [6, 6.07) is 17.6. The van der Waals surface area contributed by atoms with E-state index in [2.05, 4.69) is 21.2 Å². The predicted octanol–water partition coefficient (Wildman–Crippen LogP) is 5.30. The molecule has 0 heterocycles. The van der Waals surface area contributed by atoms with Crippen LogP contribution in [0.3, 0.4) is 0 Å². The van der Waals surface area contributed by atoms with Gasteiger partial charge in [-0.2, -0.15) is 0 Å². The number of amides is 2. The van der Waals surface area contributed by atoms with E-state index in [4.69, 9.17) is 9.47 Å². The molecule has 0 aliphatic heterocycles. The molecule has 1 atom stereocenters. The average molecular weight is 661 g/mol. The highest BCUT2D eigenvalue weighted by atomic mass is 79.9. The largest absolute Gasteiger partial charge is 0.493 e. The maximum absolute atomic E-state index is 14.1. The minimum Gasteiger partial charge on any atom is -0.493 e. The van der Waals surface area contributed by atoms with Crippen molar-refractivity contribution in [2.24, 2.45) is 0 Å². The standard InChI is InChI=1S/C31H38BrN3O6S/c1-6-7-17-33-31(37)23(3)34(20-24-9-8-10-25(32)18-24)30(36)21-35(26-13-16-28(40-4)29(19-26)41-5)42(38,39)27-14-11-22(2)12-15-27/h8-16,18-19,23H,6-7,17,20-21H2,1-5H3,(H,33,37)/t23-/m0/s1. The third-order valence-corrected chi connectivity index (χ3v) is 9.06. The second kappa shape index (κ2) is 15.1. The van der Waals surface area contributed by atoms with E-state index >= 15 is 0 Å². The van der Waals surface area contributed by atoms with Crippen molar-refractivity contribution >= 4 is 43.5 Å². The Labute approximate surface area is 257 Å². The zero-order valence-electron chi connectivity index (χ0n) is 24.6. The second-order valence-corrected chi connectivity index (χ2v) is 12.6. The third kappa shape index (κ3) is 8.25. The molecule has 0 aliphatic carbocycles. The smallest absolute Gasteiger partial charge is 0.264 e. The Morgan fingerprint density at radius 1 is 0.976 bits per heavy atom. The molecule has 3 aromatic carbocycles.